The van der Waals surface area contributed by atoms with Crippen LogP contribution >= 0.6 is 0 Å². The van der Waals surface area contributed by atoms with Crippen LogP contribution in [-0.2, 0) is 9.53 Å². The van der Waals surface area contributed by atoms with Crippen molar-refractivity contribution < 1.29 is 9.53 Å². The van der Waals surface area contributed by atoms with Crippen LogP contribution in [0.5, 0.6) is 0 Å². The lowest BCUT2D eigenvalue weighted by Crippen LogP contribution is -2.19. The van der Waals surface area contributed by atoms with E-state index < -0.39 is 0 Å². The van der Waals surface area contributed by atoms with Gasteiger partial charge in [0.1, 0.15) is 6.10 Å². The highest BCUT2D eigenvalue weighted by Crippen LogP contribution is 2.23. The van der Waals surface area contributed by atoms with E-state index in [9.17, 15) is 4.79 Å². The number of ether oxygens (including phenoxy) is 1. The van der Waals surface area contributed by atoms with Crippen LogP contribution in [0, 0.1) is 13.8 Å². The molecule has 0 aliphatic heterocycles. The van der Waals surface area contributed by atoms with Gasteiger partial charge in [-0.05, 0) is 37.5 Å². The molecule has 0 heterocycles. The van der Waals surface area contributed by atoms with Crippen LogP contribution in [0.2, 0.25) is 0 Å². The third-order valence-electron chi connectivity index (χ3n) is 3.11. The Balaban J connectivity index is 2.83. The second-order valence-corrected chi connectivity index (χ2v) is 4.45. The molecule has 0 N–H and O–H groups in total. The summed E-state index contributed by atoms with van der Waals surface area (Å²) < 4.78 is 5.20. The van der Waals surface area contributed by atoms with Crippen molar-refractivity contribution in [2.24, 2.45) is 0 Å². The first-order chi connectivity index (χ1) is 7.41. The van der Waals surface area contributed by atoms with E-state index in [-0.39, 0.29) is 18.0 Å². The number of esters is 1. The van der Waals surface area contributed by atoms with E-state index in [4.69, 9.17) is 4.74 Å². The first-order valence-corrected chi connectivity index (χ1v) is 5.66. The lowest BCUT2D eigenvalue weighted by molar-refractivity contribution is -0.146. The Hall–Kier alpha value is -1.31. The number of hydrogen-bond donors (Lipinski definition) is 0. The SMILES string of the molecule is CC(=O)O[C@@H](C)[C@@H](C)c1ccc(C)c(C)c1. The third kappa shape index (κ3) is 3.09. The molecule has 0 aliphatic carbocycles. The van der Waals surface area contributed by atoms with Crippen molar-refractivity contribution in [3.63, 3.8) is 0 Å². The van der Waals surface area contributed by atoms with Crippen molar-refractivity contribution in [3.05, 3.63) is 34.9 Å². The molecule has 2 nitrogen and oxygen atoms in total. The molecule has 0 aliphatic rings. The molecule has 0 saturated heterocycles. The van der Waals surface area contributed by atoms with Crippen molar-refractivity contribution in [2.45, 2.75) is 46.6 Å². The number of benzene rings is 1. The lowest BCUT2D eigenvalue weighted by atomic mass is 9.93. The standard InChI is InChI=1S/C14H20O2/c1-9-6-7-14(8-10(9)2)11(3)12(4)16-13(5)15/h6-8,11-12H,1-5H3/t11-,12+/m1/s1. The van der Waals surface area contributed by atoms with Crippen LogP contribution in [0.3, 0.4) is 0 Å². The second-order valence-electron chi connectivity index (χ2n) is 4.45. The molecule has 16 heavy (non-hydrogen) atoms. The molecule has 0 spiro atoms. The minimum atomic E-state index is -0.219. The van der Waals surface area contributed by atoms with E-state index in [0.29, 0.717) is 0 Å². The smallest absolute Gasteiger partial charge is 0.302 e. The molecule has 0 bridgehead atoms. The summed E-state index contributed by atoms with van der Waals surface area (Å²) in [7, 11) is 0. The zero-order chi connectivity index (χ0) is 12.3. The highest BCUT2D eigenvalue weighted by molar-refractivity contribution is 5.66. The molecule has 0 saturated carbocycles. The van der Waals surface area contributed by atoms with Crippen LogP contribution in [0.25, 0.3) is 0 Å². The first kappa shape index (κ1) is 12.8. The molecule has 2 atom stereocenters. The summed E-state index contributed by atoms with van der Waals surface area (Å²) in [6.45, 7) is 9.66. The lowest BCUT2D eigenvalue weighted by Gasteiger charge is -2.20. The van der Waals surface area contributed by atoms with Crippen LogP contribution in [0.4, 0.5) is 0 Å². The van der Waals surface area contributed by atoms with Gasteiger partial charge < -0.3 is 4.74 Å². The normalized spacial score (nSPS) is 14.3. The number of carbonyl (C=O) groups is 1. The molecule has 1 aromatic carbocycles. The molecule has 0 amide bonds. The van der Waals surface area contributed by atoms with Gasteiger partial charge >= 0.3 is 5.97 Å². The molecule has 0 fully saturated rings. The fourth-order valence-corrected chi connectivity index (χ4v) is 1.68. The van der Waals surface area contributed by atoms with Gasteiger partial charge in [0.2, 0.25) is 0 Å². The van der Waals surface area contributed by atoms with Gasteiger partial charge in [0, 0.05) is 12.8 Å². The topological polar surface area (TPSA) is 26.3 Å². The predicted molar refractivity (Wildman–Crippen MR) is 65.6 cm³/mol. The average Bonchev–Trinajstić information content (AvgIpc) is 2.20. The quantitative estimate of drug-likeness (QED) is 0.730. The molecule has 1 aromatic rings. The maximum absolute atomic E-state index is 10.9. The number of rotatable bonds is 3. The van der Waals surface area contributed by atoms with Crippen LogP contribution in [-0.4, -0.2) is 12.1 Å². The van der Waals surface area contributed by atoms with Crippen molar-refractivity contribution >= 4 is 5.97 Å². The van der Waals surface area contributed by atoms with Crippen molar-refractivity contribution in [1.29, 1.82) is 0 Å². The summed E-state index contributed by atoms with van der Waals surface area (Å²) in [6, 6.07) is 6.38. The van der Waals surface area contributed by atoms with E-state index >= 15 is 0 Å². The van der Waals surface area contributed by atoms with Crippen LogP contribution in [0.15, 0.2) is 18.2 Å². The minimum Gasteiger partial charge on any atom is -0.462 e. The maximum atomic E-state index is 10.9. The Labute approximate surface area is 97.6 Å². The van der Waals surface area contributed by atoms with Crippen molar-refractivity contribution in [2.75, 3.05) is 0 Å². The van der Waals surface area contributed by atoms with Crippen LogP contribution < -0.4 is 0 Å². The zero-order valence-corrected chi connectivity index (χ0v) is 10.7. The largest absolute Gasteiger partial charge is 0.462 e. The van der Waals surface area contributed by atoms with E-state index in [1.807, 2.05) is 6.92 Å². The van der Waals surface area contributed by atoms with Gasteiger partial charge in [0.15, 0.2) is 0 Å². The molecule has 88 valence electrons. The Bertz CT molecular complexity index is 382. The van der Waals surface area contributed by atoms with Gasteiger partial charge in [-0.2, -0.15) is 0 Å². The summed E-state index contributed by atoms with van der Waals surface area (Å²) in [6.07, 6.45) is -0.0837. The van der Waals surface area contributed by atoms with Gasteiger partial charge in [0.25, 0.3) is 0 Å². The predicted octanol–water partition coefficient (Wildman–Crippen LogP) is 3.36. The Morgan fingerprint density at radius 1 is 1.19 bits per heavy atom. The summed E-state index contributed by atoms with van der Waals surface area (Å²) in [5.41, 5.74) is 3.78. The van der Waals surface area contributed by atoms with Gasteiger partial charge in [-0.1, -0.05) is 25.1 Å². The highest BCUT2D eigenvalue weighted by atomic mass is 16.5. The summed E-state index contributed by atoms with van der Waals surface area (Å²) in [4.78, 5) is 10.9. The van der Waals surface area contributed by atoms with Crippen molar-refractivity contribution in [3.8, 4) is 0 Å². The molecule has 2 heteroatoms. The van der Waals surface area contributed by atoms with Gasteiger partial charge in [-0.15, -0.1) is 0 Å². The Morgan fingerprint density at radius 3 is 2.31 bits per heavy atom. The van der Waals surface area contributed by atoms with E-state index in [0.717, 1.165) is 0 Å². The van der Waals surface area contributed by atoms with Crippen molar-refractivity contribution in [1.82, 2.24) is 0 Å². The van der Waals surface area contributed by atoms with Gasteiger partial charge in [-0.3, -0.25) is 4.79 Å². The first-order valence-electron chi connectivity index (χ1n) is 5.66. The Kier molecular flexibility index (Phi) is 4.11. The fraction of sp³-hybridized carbons (Fsp3) is 0.500. The third-order valence-corrected chi connectivity index (χ3v) is 3.11. The molecule has 1 rings (SSSR count). The summed E-state index contributed by atoms with van der Waals surface area (Å²) in [5.74, 6) is 0.00591. The van der Waals surface area contributed by atoms with E-state index in [2.05, 4.69) is 39.0 Å². The summed E-state index contributed by atoms with van der Waals surface area (Å²) >= 11 is 0. The van der Waals surface area contributed by atoms with Crippen LogP contribution in [0.1, 0.15) is 43.4 Å². The fourth-order valence-electron chi connectivity index (χ4n) is 1.68. The molecule has 0 aromatic heterocycles. The molecular formula is C14H20O2. The zero-order valence-electron chi connectivity index (χ0n) is 10.7. The molecule has 0 unspecified atom stereocenters. The van der Waals surface area contributed by atoms with E-state index in [1.165, 1.54) is 23.6 Å². The second kappa shape index (κ2) is 5.15. The molecular weight excluding hydrogens is 200 g/mol. The van der Waals surface area contributed by atoms with Gasteiger partial charge in [0.05, 0.1) is 0 Å². The van der Waals surface area contributed by atoms with E-state index in [1.54, 1.807) is 0 Å². The number of aryl methyl sites for hydroxylation is 2. The maximum Gasteiger partial charge on any atom is 0.302 e. The minimum absolute atomic E-state index is 0.0837. The monoisotopic (exact) mass is 220 g/mol. The number of carbonyl (C=O) groups excluding carboxylic acids is 1. The van der Waals surface area contributed by atoms with Gasteiger partial charge in [-0.25, -0.2) is 0 Å². The average molecular weight is 220 g/mol. The number of hydrogen-bond acceptors (Lipinski definition) is 2. The molecule has 0 radical (unpaired) electrons. The Morgan fingerprint density at radius 2 is 1.81 bits per heavy atom. The summed E-state index contributed by atoms with van der Waals surface area (Å²) in [5, 5.41) is 0. The highest BCUT2D eigenvalue weighted by Gasteiger charge is 2.17.